The number of carbonyl (C=O) groups excluding carboxylic acids is 2. The third-order valence-corrected chi connectivity index (χ3v) is 5.81. The zero-order chi connectivity index (χ0) is 20.3. The molecule has 0 radical (unpaired) electrons. The topological polar surface area (TPSA) is 104 Å². The molecular formula is C20H23N3O4S. The van der Waals surface area contributed by atoms with E-state index in [4.69, 9.17) is 0 Å². The summed E-state index contributed by atoms with van der Waals surface area (Å²) in [5.74, 6) is -0.478. The average molecular weight is 401 g/mol. The average Bonchev–Trinajstić information content (AvgIpc) is 2.67. The van der Waals surface area contributed by atoms with Crippen LogP contribution in [0, 0.1) is 0 Å². The molecule has 1 aliphatic rings. The summed E-state index contributed by atoms with van der Waals surface area (Å²) in [5, 5.41) is 8.88. The molecule has 1 fully saturated rings. The SMILES string of the molecule is CC(NC(=O)C1CC(=O)NC(c2ccccc2)N1)c1ccc(S(C)(=O)=O)cc1. The van der Waals surface area contributed by atoms with E-state index in [-0.39, 0.29) is 29.2 Å². The van der Waals surface area contributed by atoms with Crippen molar-refractivity contribution in [2.45, 2.75) is 36.5 Å². The number of carbonyl (C=O) groups is 2. The molecule has 1 heterocycles. The van der Waals surface area contributed by atoms with E-state index in [0.717, 1.165) is 17.4 Å². The van der Waals surface area contributed by atoms with E-state index < -0.39 is 22.0 Å². The second-order valence-electron chi connectivity index (χ2n) is 6.91. The van der Waals surface area contributed by atoms with E-state index in [2.05, 4.69) is 16.0 Å². The molecule has 0 saturated carbocycles. The molecule has 28 heavy (non-hydrogen) atoms. The number of benzene rings is 2. The highest BCUT2D eigenvalue weighted by Crippen LogP contribution is 2.19. The van der Waals surface area contributed by atoms with E-state index in [0.29, 0.717) is 0 Å². The fourth-order valence-electron chi connectivity index (χ4n) is 3.10. The van der Waals surface area contributed by atoms with Crippen LogP contribution in [-0.2, 0) is 19.4 Å². The van der Waals surface area contributed by atoms with Crippen molar-refractivity contribution in [3.05, 3.63) is 65.7 Å². The van der Waals surface area contributed by atoms with E-state index in [9.17, 15) is 18.0 Å². The lowest BCUT2D eigenvalue weighted by atomic mass is 10.0. The maximum Gasteiger partial charge on any atom is 0.238 e. The highest BCUT2D eigenvalue weighted by molar-refractivity contribution is 7.90. The molecular weight excluding hydrogens is 378 g/mol. The number of rotatable bonds is 5. The molecule has 7 nitrogen and oxygen atoms in total. The van der Waals surface area contributed by atoms with Crippen LogP contribution in [0.4, 0.5) is 0 Å². The molecule has 2 aromatic rings. The molecule has 3 rings (SSSR count). The Labute approximate surface area is 164 Å². The molecule has 0 bridgehead atoms. The first-order valence-corrected chi connectivity index (χ1v) is 10.8. The van der Waals surface area contributed by atoms with Gasteiger partial charge in [-0.05, 0) is 30.2 Å². The number of hydrogen-bond acceptors (Lipinski definition) is 5. The smallest absolute Gasteiger partial charge is 0.238 e. The van der Waals surface area contributed by atoms with E-state index in [1.165, 1.54) is 12.1 Å². The van der Waals surface area contributed by atoms with Crippen LogP contribution in [0.3, 0.4) is 0 Å². The van der Waals surface area contributed by atoms with E-state index in [1.807, 2.05) is 37.3 Å². The summed E-state index contributed by atoms with van der Waals surface area (Å²) in [6.07, 6.45) is 0.771. The van der Waals surface area contributed by atoms with Gasteiger partial charge in [0.2, 0.25) is 11.8 Å². The molecule has 3 atom stereocenters. The third kappa shape index (κ3) is 4.76. The van der Waals surface area contributed by atoms with Gasteiger partial charge in [0, 0.05) is 6.26 Å². The first-order chi connectivity index (χ1) is 13.2. The molecule has 2 amide bonds. The lowest BCUT2D eigenvalue weighted by molar-refractivity contribution is -0.132. The van der Waals surface area contributed by atoms with Crippen molar-refractivity contribution in [2.24, 2.45) is 0 Å². The van der Waals surface area contributed by atoms with Crippen LogP contribution in [0.5, 0.6) is 0 Å². The molecule has 0 aromatic heterocycles. The minimum atomic E-state index is -3.27. The quantitative estimate of drug-likeness (QED) is 0.703. The highest BCUT2D eigenvalue weighted by atomic mass is 32.2. The Hall–Kier alpha value is -2.71. The number of amides is 2. The van der Waals surface area contributed by atoms with Crippen molar-refractivity contribution in [1.82, 2.24) is 16.0 Å². The lowest BCUT2D eigenvalue weighted by Gasteiger charge is -2.31. The Bertz CT molecular complexity index is 959. The van der Waals surface area contributed by atoms with Crippen LogP contribution in [-0.4, -0.2) is 32.5 Å². The van der Waals surface area contributed by atoms with Gasteiger partial charge < -0.3 is 10.6 Å². The van der Waals surface area contributed by atoms with Gasteiger partial charge in [0.15, 0.2) is 9.84 Å². The Morgan fingerprint density at radius 1 is 1.11 bits per heavy atom. The van der Waals surface area contributed by atoms with Gasteiger partial charge in [0.05, 0.1) is 23.4 Å². The van der Waals surface area contributed by atoms with Crippen molar-refractivity contribution >= 4 is 21.7 Å². The second-order valence-corrected chi connectivity index (χ2v) is 8.92. The predicted molar refractivity (Wildman–Crippen MR) is 105 cm³/mol. The van der Waals surface area contributed by atoms with Crippen LogP contribution in [0.15, 0.2) is 59.5 Å². The normalized spacial score (nSPS) is 20.9. The van der Waals surface area contributed by atoms with Crippen LogP contribution < -0.4 is 16.0 Å². The number of sulfone groups is 1. The minimum Gasteiger partial charge on any atom is -0.348 e. The maximum atomic E-state index is 12.7. The molecule has 1 saturated heterocycles. The highest BCUT2D eigenvalue weighted by Gasteiger charge is 2.31. The molecule has 0 spiro atoms. The van der Waals surface area contributed by atoms with Gasteiger partial charge in [0.25, 0.3) is 0 Å². The lowest BCUT2D eigenvalue weighted by Crippen LogP contribution is -2.56. The fraction of sp³-hybridized carbons (Fsp3) is 0.300. The Morgan fingerprint density at radius 3 is 2.36 bits per heavy atom. The first-order valence-electron chi connectivity index (χ1n) is 8.95. The zero-order valence-electron chi connectivity index (χ0n) is 15.7. The predicted octanol–water partition coefficient (Wildman–Crippen LogP) is 1.44. The van der Waals surface area contributed by atoms with Gasteiger partial charge in [-0.25, -0.2) is 8.42 Å². The zero-order valence-corrected chi connectivity index (χ0v) is 16.5. The molecule has 0 aliphatic carbocycles. The van der Waals surface area contributed by atoms with E-state index in [1.54, 1.807) is 12.1 Å². The van der Waals surface area contributed by atoms with Crippen LogP contribution in [0.2, 0.25) is 0 Å². The summed E-state index contributed by atoms with van der Waals surface area (Å²) in [6.45, 7) is 1.81. The Kier molecular flexibility index (Phi) is 5.81. The molecule has 1 aliphatic heterocycles. The molecule has 2 aromatic carbocycles. The molecule has 3 N–H and O–H groups in total. The number of nitrogens with one attached hydrogen (secondary N) is 3. The van der Waals surface area contributed by atoms with Gasteiger partial charge in [-0.1, -0.05) is 42.5 Å². The summed E-state index contributed by atoms with van der Waals surface area (Å²) in [5.41, 5.74) is 1.65. The van der Waals surface area contributed by atoms with Gasteiger partial charge in [-0.15, -0.1) is 0 Å². The van der Waals surface area contributed by atoms with Gasteiger partial charge in [0.1, 0.15) is 6.17 Å². The van der Waals surface area contributed by atoms with Crippen molar-refractivity contribution in [3.63, 3.8) is 0 Å². The van der Waals surface area contributed by atoms with Crippen molar-refractivity contribution < 1.29 is 18.0 Å². The monoisotopic (exact) mass is 401 g/mol. The minimum absolute atomic E-state index is 0.0505. The molecule has 8 heteroatoms. The Morgan fingerprint density at radius 2 is 1.75 bits per heavy atom. The third-order valence-electron chi connectivity index (χ3n) is 4.68. The molecule has 3 unspecified atom stereocenters. The Balaban J connectivity index is 1.67. The van der Waals surface area contributed by atoms with Crippen LogP contribution in [0.25, 0.3) is 0 Å². The van der Waals surface area contributed by atoms with Crippen LogP contribution >= 0.6 is 0 Å². The largest absolute Gasteiger partial charge is 0.348 e. The van der Waals surface area contributed by atoms with E-state index >= 15 is 0 Å². The fourth-order valence-corrected chi connectivity index (χ4v) is 3.73. The number of hydrogen-bond donors (Lipinski definition) is 3. The summed E-state index contributed by atoms with van der Waals surface area (Å²) >= 11 is 0. The summed E-state index contributed by atoms with van der Waals surface area (Å²) in [7, 11) is -3.27. The van der Waals surface area contributed by atoms with Gasteiger partial charge in [-0.2, -0.15) is 0 Å². The molecule has 148 valence electrons. The standard InChI is InChI=1S/C20H23N3O4S/c1-13(14-8-10-16(11-9-14)28(2,26)27)21-20(25)17-12-18(24)23-19(22-17)15-6-4-3-5-7-15/h3-11,13,17,19,22H,12H2,1-2H3,(H,21,25)(H,23,24). The van der Waals surface area contributed by atoms with Gasteiger partial charge in [-0.3, -0.25) is 14.9 Å². The first kappa shape index (κ1) is 20.0. The van der Waals surface area contributed by atoms with Crippen LogP contribution in [0.1, 0.15) is 36.7 Å². The second kappa shape index (κ2) is 8.12. The van der Waals surface area contributed by atoms with Crippen molar-refractivity contribution in [1.29, 1.82) is 0 Å². The van der Waals surface area contributed by atoms with Gasteiger partial charge >= 0.3 is 0 Å². The summed E-state index contributed by atoms with van der Waals surface area (Å²) in [6, 6.07) is 14.8. The van der Waals surface area contributed by atoms with Crippen molar-refractivity contribution in [3.8, 4) is 0 Å². The summed E-state index contributed by atoms with van der Waals surface area (Å²) < 4.78 is 23.1. The summed E-state index contributed by atoms with van der Waals surface area (Å²) in [4.78, 5) is 25.0. The maximum absolute atomic E-state index is 12.7. The van der Waals surface area contributed by atoms with Crippen molar-refractivity contribution in [2.75, 3.05) is 6.26 Å².